The molecule has 21 heavy (non-hydrogen) atoms. The van der Waals surface area contributed by atoms with E-state index in [1.165, 1.54) is 11.3 Å². The molecule has 1 amide bonds. The summed E-state index contributed by atoms with van der Waals surface area (Å²) in [5, 5.41) is 0. The first-order chi connectivity index (χ1) is 9.76. The van der Waals surface area contributed by atoms with Gasteiger partial charge in [-0.1, -0.05) is 12.1 Å². The summed E-state index contributed by atoms with van der Waals surface area (Å²) in [5.74, 6) is 0. The molecular formula is C17H26N2O2. The molecule has 0 spiro atoms. The Morgan fingerprint density at radius 2 is 2.00 bits per heavy atom. The number of hydrogen-bond acceptors (Lipinski definition) is 3. The number of carbonyl (C=O) groups is 1. The quantitative estimate of drug-likeness (QED) is 0.794. The highest BCUT2D eigenvalue weighted by atomic mass is 16.6. The zero-order chi connectivity index (χ0) is 15.6. The van der Waals surface area contributed by atoms with E-state index in [-0.39, 0.29) is 12.1 Å². The van der Waals surface area contributed by atoms with Gasteiger partial charge in [-0.15, -0.1) is 0 Å². The molecule has 0 unspecified atom stereocenters. The highest BCUT2D eigenvalue weighted by Crippen LogP contribution is 2.22. The number of rotatable bonds is 1. The Labute approximate surface area is 127 Å². The monoisotopic (exact) mass is 290 g/mol. The molecule has 0 radical (unpaired) electrons. The second kappa shape index (κ2) is 5.96. The first-order valence-corrected chi connectivity index (χ1v) is 7.57. The number of anilines is 1. The fourth-order valence-electron chi connectivity index (χ4n) is 2.64. The molecule has 4 heteroatoms. The largest absolute Gasteiger partial charge is 0.444 e. The lowest BCUT2D eigenvalue weighted by molar-refractivity contribution is 0.0219. The Morgan fingerprint density at radius 1 is 1.29 bits per heavy atom. The van der Waals surface area contributed by atoms with Crippen LogP contribution in [-0.4, -0.2) is 42.3 Å². The van der Waals surface area contributed by atoms with Gasteiger partial charge in [-0.05, 0) is 52.3 Å². The van der Waals surface area contributed by atoms with E-state index >= 15 is 0 Å². The van der Waals surface area contributed by atoms with Crippen LogP contribution in [0.4, 0.5) is 10.5 Å². The fourth-order valence-corrected chi connectivity index (χ4v) is 2.64. The zero-order valence-electron chi connectivity index (χ0n) is 13.7. The third-order valence-electron chi connectivity index (χ3n) is 3.61. The van der Waals surface area contributed by atoms with Crippen molar-refractivity contribution in [3.05, 3.63) is 29.8 Å². The third-order valence-corrected chi connectivity index (χ3v) is 3.61. The SMILES string of the molecule is Cc1cccc(N2CCN(C(=O)OC(C)(C)C)C[C@@H]2C)c1. The van der Waals surface area contributed by atoms with Crippen molar-refractivity contribution in [3.63, 3.8) is 0 Å². The van der Waals surface area contributed by atoms with Gasteiger partial charge in [0.2, 0.25) is 0 Å². The smallest absolute Gasteiger partial charge is 0.410 e. The maximum absolute atomic E-state index is 12.1. The topological polar surface area (TPSA) is 32.8 Å². The lowest BCUT2D eigenvalue weighted by atomic mass is 10.1. The van der Waals surface area contributed by atoms with Gasteiger partial charge in [-0.25, -0.2) is 4.79 Å². The average Bonchev–Trinajstić information content (AvgIpc) is 2.36. The Morgan fingerprint density at radius 3 is 2.57 bits per heavy atom. The number of benzene rings is 1. The van der Waals surface area contributed by atoms with Crippen molar-refractivity contribution < 1.29 is 9.53 Å². The van der Waals surface area contributed by atoms with Crippen molar-refractivity contribution in [1.82, 2.24) is 4.90 Å². The summed E-state index contributed by atoms with van der Waals surface area (Å²) in [6, 6.07) is 8.79. The van der Waals surface area contributed by atoms with Crippen LogP contribution in [0.5, 0.6) is 0 Å². The Hall–Kier alpha value is -1.71. The molecule has 1 aliphatic rings. The van der Waals surface area contributed by atoms with E-state index in [0.717, 1.165) is 6.54 Å². The summed E-state index contributed by atoms with van der Waals surface area (Å²) in [5.41, 5.74) is 2.05. The van der Waals surface area contributed by atoms with Gasteiger partial charge in [0.15, 0.2) is 0 Å². The highest BCUT2D eigenvalue weighted by molar-refractivity contribution is 5.69. The standard InChI is InChI=1S/C17H26N2O2/c1-13-7-6-8-15(11-13)19-10-9-18(12-14(19)2)16(20)21-17(3,4)5/h6-8,11,14H,9-10,12H2,1-5H3/t14-/m0/s1. The predicted octanol–water partition coefficient (Wildman–Crippen LogP) is 3.44. The second-order valence-electron chi connectivity index (χ2n) is 6.81. The number of carbonyl (C=O) groups excluding carboxylic acids is 1. The first-order valence-electron chi connectivity index (χ1n) is 7.57. The van der Waals surface area contributed by atoms with Crippen molar-refractivity contribution in [2.45, 2.75) is 46.3 Å². The summed E-state index contributed by atoms with van der Waals surface area (Å²) >= 11 is 0. The van der Waals surface area contributed by atoms with Crippen LogP contribution in [0.1, 0.15) is 33.3 Å². The second-order valence-corrected chi connectivity index (χ2v) is 6.81. The lowest BCUT2D eigenvalue weighted by Gasteiger charge is -2.41. The van der Waals surface area contributed by atoms with Crippen LogP contribution in [-0.2, 0) is 4.74 Å². The molecule has 1 fully saturated rings. The molecule has 0 N–H and O–H groups in total. The number of piperazine rings is 1. The molecule has 4 nitrogen and oxygen atoms in total. The van der Waals surface area contributed by atoms with Gasteiger partial charge in [0.1, 0.15) is 5.60 Å². The van der Waals surface area contributed by atoms with E-state index in [1.54, 1.807) is 0 Å². The van der Waals surface area contributed by atoms with Gasteiger partial charge in [-0.3, -0.25) is 0 Å². The average molecular weight is 290 g/mol. The fraction of sp³-hybridized carbons (Fsp3) is 0.588. The first kappa shape index (κ1) is 15.7. The maximum Gasteiger partial charge on any atom is 0.410 e. The molecule has 0 saturated carbocycles. The lowest BCUT2D eigenvalue weighted by Crippen LogP contribution is -2.54. The van der Waals surface area contributed by atoms with Gasteiger partial charge in [0, 0.05) is 31.4 Å². The maximum atomic E-state index is 12.1. The molecule has 2 rings (SSSR count). The van der Waals surface area contributed by atoms with Crippen molar-refractivity contribution in [1.29, 1.82) is 0 Å². The van der Waals surface area contributed by atoms with Crippen molar-refractivity contribution in [2.24, 2.45) is 0 Å². The van der Waals surface area contributed by atoms with Crippen LogP contribution < -0.4 is 4.90 Å². The van der Waals surface area contributed by atoms with Crippen molar-refractivity contribution >= 4 is 11.8 Å². The molecular weight excluding hydrogens is 264 g/mol. The van der Waals surface area contributed by atoms with Crippen LogP contribution in [0.15, 0.2) is 24.3 Å². The highest BCUT2D eigenvalue weighted by Gasteiger charge is 2.29. The zero-order valence-corrected chi connectivity index (χ0v) is 13.7. The van der Waals surface area contributed by atoms with Gasteiger partial charge in [0.05, 0.1) is 0 Å². The molecule has 0 bridgehead atoms. The van der Waals surface area contributed by atoms with Gasteiger partial charge >= 0.3 is 6.09 Å². The molecule has 1 atom stereocenters. The number of amides is 1. The summed E-state index contributed by atoms with van der Waals surface area (Å²) in [6.07, 6.45) is -0.210. The van der Waals surface area contributed by atoms with Gasteiger partial charge < -0.3 is 14.5 Å². The normalized spacial score (nSPS) is 19.6. The van der Waals surface area contributed by atoms with Crippen LogP contribution in [0.2, 0.25) is 0 Å². The van der Waals surface area contributed by atoms with Crippen LogP contribution in [0.25, 0.3) is 0 Å². The van der Waals surface area contributed by atoms with E-state index < -0.39 is 5.60 Å². The molecule has 0 aromatic heterocycles. The minimum atomic E-state index is -0.437. The number of nitrogens with zero attached hydrogens (tertiary/aromatic N) is 2. The van der Waals surface area contributed by atoms with Crippen molar-refractivity contribution in [3.8, 4) is 0 Å². The molecule has 0 aliphatic carbocycles. The van der Waals surface area contributed by atoms with Crippen molar-refractivity contribution in [2.75, 3.05) is 24.5 Å². The number of hydrogen-bond donors (Lipinski definition) is 0. The van der Waals surface area contributed by atoms with Gasteiger partial charge in [0.25, 0.3) is 0 Å². The minimum absolute atomic E-state index is 0.210. The van der Waals surface area contributed by atoms with E-state index in [1.807, 2.05) is 25.7 Å². The number of ether oxygens (including phenoxy) is 1. The van der Waals surface area contributed by atoms with E-state index in [2.05, 4.69) is 43.0 Å². The summed E-state index contributed by atoms with van der Waals surface area (Å²) in [6.45, 7) is 12.2. The molecule has 1 aromatic carbocycles. The third kappa shape index (κ3) is 4.13. The van der Waals surface area contributed by atoms with Crippen LogP contribution in [0, 0.1) is 6.92 Å². The molecule has 116 valence electrons. The van der Waals surface area contributed by atoms with Crippen LogP contribution in [0.3, 0.4) is 0 Å². The molecule has 1 aliphatic heterocycles. The summed E-state index contributed by atoms with van der Waals surface area (Å²) in [7, 11) is 0. The van der Waals surface area contributed by atoms with E-state index in [9.17, 15) is 4.79 Å². The summed E-state index contributed by atoms with van der Waals surface area (Å²) in [4.78, 5) is 16.3. The van der Waals surface area contributed by atoms with Gasteiger partial charge in [-0.2, -0.15) is 0 Å². The van der Waals surface area contributed by atoms with Crippen LogP contribution >= 0.6 is 0 Å². The molecule has 1 aromatic rings. The Bertz CT molecular complexity index is 508. The van der Waals surface area contributed by atoms with E-state index in [0.29, 0.717) is 13.1 Å². The molecule has 1 saturated heterocycles. The molecule has 1 heterocycles. The summed E-state index contributed by atoms with van der Waals surface area (Å²) < 4.78 is 5.45. The van der Waals surface area contributed by atoms with E-state index in [4.69, 9.17) is 4.74 Å². The number of aryl methyl sites for hydroxylation is 1. The predicted molar refractivity (Wildman–Crippen MR) is 85.8 cm³/mol. The Balaban J connectivity index is 2.01. The Kier molecular flexibility index (Phi) is 4.45. The minimum Gasteiger partial charge on any atom is -0.444 e.